The molecule has 0 radical (unpaired) electrons. The van der Waals surface area contributed by atoms with Crippen molar-refractivity contribution in [2.24, 2.45) is 5.92 Å². The summed E-state index contributed by atoms with van der Waals surface area (Å²) in [6, 6.07) is 7.66. The number of carbonyl (C=O) groups excluding carboxylic acids is 1. The van der Waals surface area contributed by atoms with Gasteiger partial charge in [0.15, 0.2) is 5.82 Å². The predicted octanol–water partition coefficient (Wildman–Crippen LogP) is 2.60. The number of benzene rings is 1. The van der Waals surface area contributed by atoms with Crippen molar-refractivity contribution >= 4 is 36.4 Å². The first kappa shape index (κ1) is 21.4. The Labute approximate surface area is 148 Å². The SMILES string of the molecule is CCn1cnnc1-c1cccc(NC(=O)C(C)CNC)c1.Cl.Cl. The van der Waals surface area contributed by atoms with E-state index in [9.17, 15) is 4.79 Å². The maximum absolute atomic E-state index is 12.0. The highest BCUT2D eigenvalue weighted by Gasteiger charge is 2.13. The molecule has 0 saturated heterocycles. The number of hydrogen-bond donors (Lipinski definition) is 2. The molecule has 1 aromatic heterocycles. The third kappa shape index (κ3) is 5.49. The number of aromatic nitrogens is 3. The predicted molar refractivity (Wildman–Crippen MR) is 97.3 cm³/mol. The molecule has 1 atom stereocenters. The van der Waals surface area contributed by atoms with Crippen LogP contribution in [-0.2, 0) is 11.3 Å². The molecule has 2 rings (SSSR count). The Morgan fingerprint density at radius 2 is 2.09 bits per heavy atom. The number of amides is 1. The van der Waals surface area contributed by atoms with Crippen LogP contribution in [0.3, 0.4) is 0 Å². The first-order valence-corrected chi connectivity index (χ1v) is 7.09. The van der Waals surface area contributed by atoms with Gasteiger partial charge in [0.2, 0.25) is 5.91 Å². The van der Waals surface area contributed by atoms with Gasteiger partial charge in [0, 0.05) is 30.3 Å². The second-order valence-electron chi connectivity index (χ2n) is 4.97. The quantitative estimate of drug-likeness (QED) is 0.831. The van der Waals surface area contributed by atoms with Crippen molar-refractivity contribution in [3.05, 3.63) is 30.6 Å². The Bertz CT molecular complexity index is 617. The summed E-state index contributed by atoms with van der Waals surface area (Å²) < 4.78 is 1.96. The maximum atomic E-state index is 12.0. The number of hydrogen-bond acceptors (Lipinski definition) is 4. The number of anilines is 1. The summed E-state index contributed by atoms with van der Waals surface area (Å²) in [4.78, 5) is 12.0. The van der Waals surface area contributed by atoms with Crippen molar-refractivity contribution in [2.75, 3.05) is 18.9 Å². The fourth-order valence-electron chi connectivity index (χ4n) is 2.11. The minimum absolute atomic E-state index is 0. The van der Waals surface area contributed by atoms with Crippen molar-refractivity contribution in [2.45, 2.75) is 20.4 Å². The third-order valence-corrected chi connectivity index (χ3v) is 3.30. The van der Waals surface area contributed by atoms with Gasteiger partial charge in [-0.25, -0.2) is 0 Å². The Balaban J connectivity index is 0.00000242. The summed E-state index contributed by atoms with van der Waals surface area (Å²) in [5, 5.41) is 14.0. The largest absolute Gasteiger partial charge is 0.326 e. The van der Waals surface area contributed by atoms with E-state index in [0.717, 1.165) is 23.6 Å². The van der Waals surface area contributed by atoms with Crippen LogP contribution in [0.4, 0.5) is 5.69 Å². The molecule has 1 aromatic carbocycles. The van der Waals surface area contributed by atoms with E-state index in [0.29, 0.717) is 6.54 Å². The van der Waals surface area contributed by atoms with Crippen molar-refractivity contribution < 1.29 is 4.79 Å². The Morgan fingerprint density at radius 1 is 1.35 bits per heavy atom. The van der Waals surface area contributed by atoms with E-state index >= 15 is 0 Å². The van der Waals surface area contributed by atoms with Crippen molar-refractivity contribution in [1.82, 2.24) is 20.1 Å². The molecule has 0 saturated carbocycles. The minimum Gasteiger partial charge on any atom is -0.326 e. The highest BCUT2D eigenvalue weighted by molar-refractivity contribution is 5.93. The summed E-state index contributed by atoms with van der Waals surface area (Å²) in [6.45, 7) is 5.38. The molecule has 0 aliphatic carbocycles. The molecule has 0 fully saturated rings. The second kappa shape index (κ2) is 10.2. The van der Waals surface area contributed by atoms with Crippen molar-refractivity contribution in [3.8, 4) is 11.4 Å². The van der Waals surface area contributed by atoms with Crippen LogP contribution in [0, 0.1) is 5.92 Å². The highest BCUT2D eigenvalue weighted by atomic mass is 35.5. The van der Waals surface area contributed by atoms with Gasteiger partial charge in [-0.1, -0.05) is 19.1 Å². The molecule has 0 aliphatic rings. The van der Waals surface area contributed by atoms with Crippen molar-refractivity contribution in [1.29, 1.82) is 0 Å². The lowest BCUT2D eigenvalue weighted by molar-refractivity contribution is -0.119. The fraction of sp³-hybridized carbons (Fsp3) is 0.400. The van der Waals surface area contributed by atoms with E-state index in [-0.39, 0.29) is 36.6 Å². The van der Waals surface area contributed by atoms with Gasteiger partial charge < -0.3 is 15.2 Å². The summed E-state index contributed by atoms with van der Waals surface area (Å²) in [5.41, 5.74) is 1.71. The van der Waals surface area contributed by atoms with Crippen LogP contribution >= 0.6 is 24.8 Å². The lowest BCUT2D eigenvalue weighted by Gasteiger charge is -2.12. The van der Waals surface area contributed by atoms with Crippen molar-refractivity contribution in [3.63, 3.8) is 0 Å². The van der Waals surface area contributed by atoms with Crippen LogP contribution in [-0.4, -0.2) is 34.3 Å². The summed E-state index contributed by atoms with van der Waals surface area (Å²) in [5.74, 6) is 0.716. The zero-order valence-electron chi connectivity index (χ0n) is 13.4. The molecule has 23 heavy (non-hydrogen) atoms. The van der Waals surface area contributed by atoms with Crippen LogP contribution in [0.2, 0.25) is 0 Å². The summed E-state index contributed by atoms with van der Waals surface area (Å²) >= 11 is 0. The van der Waals surface area contributed by atoms with E-state index in [1.54, 1.807) is 6.33 Å². The molecule has 6 nitrogen and oxygen atoms in total. The minimum atomic E-state index is -0.0852. The molecule has 2 N–H and O–H groups in total. The van der Waals surface area contributed by atoms with E-state index in [1.165, 1.54) is 0 Å². The first-order valence-electron chi connectivity index (χ1n) is 7.09. The van der Waals surface area contributed by atoms with Crippen LogP contribution in [0.1, 0.15) is 13.8 Å². The van der Waals surface area contributed by atoms with Crippen LogP contribution in [0.15, 0.2) is 30.6 Å². The normalized spacial score (nSPS) is 11.1. The molecular weight excluding hydrogens is 337 g/mol. The first-order chi connectivity index (χ1) is 10.2. The highest BCUT2D eigenvalue weighted by Crippen LogP contribution is 2.21. The average molecular weight is 360 g/mol. The van der Waals surface area contributed by atoms with Gasteiger partial charge in [0.25, 0.3) is 0 Å². The Hall–Kier alpha value is -1.63. The summed E-state index contributed by atoms with van der Waals surface area (Å²) in [7, 11) is 1.84. The lowest BCUT2D eigenvalue weighted by atomic mass is 10.1. The number of nitrogens with one attached hydrogen (secondary N) is 2. The van der Waals surface area contributed by atoms with Gasteiger partial charge in [-0.05, 0) is 26.1 Å². The van der Waals surface area contributed by atoms with Gasteiger partial charge in [-0.2, -0.15) is 0 Å². The van der Waals surface area contributed by atoms with E-state index in [4.69, 9.17) is 0 Å². The van der Waals surface area contributed by atoms with Crippen LogP contribution in [0.25, 0.3) is 11.4 Å². The Kier molecular flexibility index (Phi) is 9.48. The molecule has 1 unspecified atom stereocenters. The van der Waals surface area contributed by atoms with Gasteiger partial charge >= 0.3 is 0 Å². The second-order valence-corrected chi connectivity index (χ2v) is 4.97. The number of carbonyl (C=O) groups is 1. The lowest BCUT2D eigenvalue weighted by Crippen LogP contribution is -2.28. The molecule has 1 heterocycles. The maximum Gasteiger partial charge on any atom is 0.228 e. The van der Waals surface area contributed by atoms with Gasteiger partial charge in [0.1, 0.15) is 6.33 Å². The molecule has 0 aliphatic heterocycles. The molecule has 128 valence electrons. The van der Waals surface area contributed by atoms with E-state index in [1.807, 2.05) is 49.7 Å². The number of nitrogens with zero attached hydrogens (tertiary/aromatic N) is 3. The standard InChI is InChI=1S/C15H21N5O.2ClH/c1-4-20-10-17-19-14(20)12-6-5-7-13(8-12)18-15(21)11(2)9-16-3;;/h5-8,10-11,16H,4,9H2,1-3H3,(H,18,21);2*1H. The Morgan fingerprint density at radius 3 is 2.74 bits per heavy atom. The monoisotopic (exact) mass is 359 g/mol. The number of halogens is 2. The molecular formula is C15H23Cl2N5O. The number of aryl methyl sites for hydroxylation is 1. The number of rotatable bonds is 6. The zero-order chi connectivity index (χ0) is 15.2. The van der Waals surface area contributed by atoms with E-state index < -0.39 is 0 Å². The molecule has 0 bridgehead atoms. The fourth-order valence-corrected chi connectivity index (χ4v) is 2.11. The molecule has 2 aromatic rings. The smallest absolute Gasteiger partial charge is 0.228 e. The third-order valence-electron chi connectivity index (χ3n) is 3.30. The van der Waals surface area contributed by atoms with Crippen LogP contribution in [0.5, 0.6) is 0 Å². The zero-order valence-corrected chi connectivity index (χ0v) is 15.1. The topological polar surface area (TPSA) is 71.8 Å². The van der Waals surface area contributed by atoms with Crippen LogP contribution < -0.4 is 10.6 Å². The van der Waals surface area contributed by atoms with Gasteiger partial charge in [-0.3, -0.25) is 4.79 Å². The average Bonchev–Trinajstić information content (AvgIpc) is 2.96. The van der Waals surface area contributed by atoms with Gasteiger partial charge in [-0.15, -0.1) is 35.0 Å². The van der Waals surface area contributed by atoms with E-state index in [2.05, 4.69) is 20.8 Å². The summed E-state index contributed by atoms with van der Waals surface area (Å²) in [6.07, 6.45) is 1.70. The molecule has 8 heteroatoms. The molecule has 1 amide bonds. The molecule has 0 spiro atoms. The van der Waals surface area contributed by atoms with Gasteiger partial charge in [0.05, 0.1) is 0 Å².